The van der Waals surface area contributed by atoms with E-state index in [1.165, 1.54) is 30.5 Å². The molecule has 1 aliphatic heterocycles. The lowest BCUT2D eigenvalue weighted by Crippen LogP contribution is -2.35. The molecular formula is C16H24N2O. The number of nitrogens with one attached hydrogen (secondary N) is 1. The fourth-order valence-corrected chi connectivity index (χ4v) is 2.96. The number of aliphatic hydroxyl groups is 1. The lowest BCUT2D eigenvalue weighted by molar-refractivity contribution is 0.245. The summed E-state index contributed by atoms with van der Waals surface area (Å²) in [4.78, 5) is 2.35. The maximum Gasteiger partial charge on any atom is 0.0637 e. The van der Waals surface area contributed by atoms with E-state index >= 15 is 0 Å². The van der Waals surface area contributed by atoms with Crippen LogP contribution in [0.25, 0.3) is 0 Å². The lowest BCUT2D eigenvalue weighted by Gasteiger charge is -2.27. The van der Waals surface area contributed by atoms with Crippen LogP contribution in [0.1, 0.15) is 31.7 Å². The first-order chi connectivity index (χ1) is 9.28. The highest BCUT2D eigenvalue weighted by atomic mass is 16.3. The van der Waals surface area contributed by atoms with Gasteiger partial charge >= 0.3 is 0 Å². The average molecular weight is 260 g/mol. The van der Waals surface area contributed by atoms with Crippen molar-refractivity contribution in [3.05, 3.63) is 29.8 Å². The van der Waals surface area contributed by atoms with Gasteiger partial charge in [0.1, 0.15) is 0 Å². The molecular weight excluding hydrogens is 236 g/mol. The van der Waals surface area contributed by atoms with Gasteiger partial charge in [0.25, 0.3) is 0 Å². The number of anilines is 1. The minimum Gasteiger partial charge on any atom is -0.394 e. The molecule has 2 unspecified atom stereocenters. The van der Waals surface area contributed by atoms with Gasteiger partial charge in [0.05, 0.1) is 12.6 Å². The van der Waals surface area contributed by atoms with Crippen molar-refractivity contribution < 1.29 is 5.11 Å². The Morgan fingerprint density at radius 1 is 1.21 bits per heavy atom. The number of nitrogens with zero attached hydrogens (tertiary/aromatic N) is 1. The lowest BCUT2D eigenvalue weighted by atomic mass is 10.0. The molecule has 1 saturated carbocycles. The summed E-state index contributed by atoms with van der Waals surface area (Å²) >= 11 is 0. The summed E-state index contributed by atoms with van der Waals surface area (Å²) in [5.41, 5.74) is 2.60. The van der Waals surface area contributed by atoms with E-state index in [4.69, 9.17) is 0 Å². The van der Waals surface area contributed by atoms with Gasteiger partial charge in [0.2, 0.25) is 0 Å². The van der Waals surface area contributed by atoms with Crippen molar-refractivity contribution in [2.24, 2.45) is 5.92 Å². The molecule has 0 aromatic heterocycles. The monoisotopic (exact) mass is 260 g/mol. The van der Waals surface area contributed by atoms with E-state index in [2.05, 4.69) is 41.4 Å². The molecule has 2 N–H and O–H groups in total. The first-order valence-corrected chi connectivity index (χ1v) is 7.48. The summed E-state index contributed by atoms with van der Waals surface area (Å²) in [5, 5.41) is 13.1. The molecule has 1 saturated heterocycles. The van der Waals surface area contributed by atoms with Crippen molar-refractivity contribution in [1.82, 2.24) is 5.32 Å². The topological polar surface area (TPSA) is 35.5 Å². The Bertz CT molecular complexity index is 413. The highest BCUT2D eigenvalue weighted by Crippen LogP contribution is 2.29. The number of hydrogen-bond donors (Lipinski definition) is 2. The van der Waals surface area contributed by atoms with Crippen LogP contribution in [0.5, 0.6) is 0 Å². The predicted molar refractivity (Wildman–Crippen MR) is 78.3 cm³/mol. The highest BCUT2D eigenvalue weighted by Gasteiger charge is 2.30. The first-order valence-electron chi connectivity index (χ1n) is 7.48. The van der Waals surface area contributed by atoms with Crippen LogP contribution in [0.4, 0.5) is 5.69 Å². The molecule has 2 aliphatic rings. The van der Waals surface area contributed by atoms with Crippen LogP contribution in [0.3, 0.4) is 0 Å². The predicted octanol–water partition coefficient (Wildman–Crippen LogP) is 2.15. The fraction of sp³-hybridized carbons (Fsp3) is 0.625. The third-order valence-corrected chi connectivity index (χ3v) is 4.51. The Labute approximate surface area is 115 Å². The quantitative estimate of drug-likeness (QED) is 0.851. The van der Waals surface area contributed by atoms with Gasteiger partial charge < -0.3 is 15.3 Å². The summed E-state index contributed by atoms with van der Waals surface area (Å²) in [6.45, 7) is 4.53. The van der Waals surface area contributed by atoms with E-state index in [1.54, 1.807) is 0 Å². The first kappa shape index (κ1) is 12.9. The molecule has 1 aromatic rings. The number of aliphatic hydroxyl groups excluding tert-OH is 1. The van der Waals surface area contributed by atoms with Crippen LogP contribution < -0.4 is 10.2 Å². The molecule has 3 rings (SSSR count). The summed E-state index contributed by atoms with van der Waals surface area (Å²) in [6, 6.07) is 9.87. The molecule has 3 heteroatoms. The molecule has 0 bridgehead atoms. The Kier molecular flexibility index (Phi) is 3.76. The number of hydrogen-bond acceptors (Lipinski definition) is 3. The zero-order valence-corrected chi connectivity index (χ0v) is 11.7. The Hall–Kier alpha value is -1.06. The second-order valence-corrected chi connectivity index (χ2v) is 6.03. The van der Waals surface area contributed by atoms with Gasteiger partial charge in [0, 0.05) is 24.8 Å². The smallest absolute Gasteiger partial charge is 0.0637 e. The third-order valence-electron chi connectivity index (χ3n) is 4.51. The molecule has 2 atom stereocenters. The van der Waals surface area contributed by atoms with E-state index in [9.17, 15) is 5.11 Å². The van der Waals surface area contributed by atoms with E-state index < -0.39 is 0 Å². The van der Waals surface area contributed by atoms with Gasteiger partial charge in [-0.15, -0.1) is 0 Å². The molecule has 3 nitrogen and oxygen atoms in total. The van der Waals surface area contributed by atoms with Crippen LogP contribution in [-0.2, 0) is 6.54 Å². The van der Waals surface area contributed by atoms with Crippen molar-refractivity contribution in [3.63, 3.8) is 0 Å². The maximum absolute atomic E-state index is 9.52. The maximum atomic E-state index is 9.52. The molecule has 104 valence electrons. The average Bonchev–Trinajstić information content (AvgIpc) is 3.19. The van der Waals surface area contributed by atoms with E-state index in [0.29, 0.717) is 5.92 Å². The van der Waals surface area contributed by atoms with Crippen molar-refractivity contribution in [2.75, 3.05) is 18.1 Å². The zero-order chi connectivity index (χ0) is 13.2. The minimum atomic E-state index is 0.256. The Balaban J connectivity index is 1.64. The van der Waals surface area contributed by atoms with Crippen LogP contribution in [-0.4, -0.2) is 30.3 Å². The number of benzene rings is 1. The Morgan fingerprint density at radius 3 is 2.58 bits per heavy atom. The van der Waals surface area contributed by atoms with Gasteiger partial charge in [0.15, 0.2) is 0 Å². The van der Waals surface area contributed by atoms with E-state index in [1.807, 2.05) is 0 Å². The molecule has 0 spiro atoms. The summed E-state index contributed by atoms with van der Waals surface area (Å²) < 4.78 is 0. The molecule has 1 aromatic carbocycles. The largest absolute Gasteiger partial charge is 0.394 e. The van der Waals surface area contributed by atoms with Crippen molar-refractivity contribution in [3.8, 4) is 0 Å². The van der Waals surface area contributed by atoms with Gasteiger partial charge in [-0.3, -0.25) is 0 Å². The SMILES string of the molecule is CC1CCN(c2ccc(CNC3CC3)cc2)C1CO. The van der Waals surface area contributed by atoms with Crippen LogP contribution >= 0.6 is 0 Å². The van der Waals surface area contributed by atoms with Gasteiger partial charge in [-0.2, -0.15) is 0 Å². The van der Waals surface area contributed by atoms with Crippen LogP contribution in [0, 0.1) is 5.92 Å². The van der Waals surface area contributed by atoms with Crippen molar-refractivity contribution in [1.29, 1.82) is 0 Å². The van der Waals surface area contributed by atoms with Crippen LogP contribution in [0.2, 0.25) is 0 Å². The van der Waals surface area contributed by atoms with Gasteiger partial charge in [-0.05, 0) is 42.9 Å². The molecule has 1 heterocycles. The van der Waals surface area contributed by atoms with Crippen LogP contribution in [0.15, 0.2) is 24.3 Å². The van der Waals surface area contributed by atoms with E-state index in [-0.39, 0.29) is 12.6 Å². The molecule has 19 heavy (non-hydrogen) atoms. The van der Waals surface area contributed by atoms with E-state index in [0.717, 1.165) is 19.1 Å². The van der Waals surface area contributed by atoms with Gasteiger partial charge in [-0.25, -0.2) is 0 Å². The normalized spacial score (nSPS) is 26.9. The van der Waals surface area contributed by atoms with Crippen molar-refractivity contribution >= 4 is 5.69 Å². The third kappa shape index (κ3) is 2.93. The number of rotatable bonds is 5. The fourth-order valence-electron chi connectivity index (χ4n) is 2.96. The van der Waals surface area contributed by atoms with Crippen molar-refractivity contribution in [2.45, 2.75) is 44.8 Å². The Morgan fingerprint density at radius 2 is 1.95 bits per heavy atom. The second kappa shape index (κ2) is 5.51. The molecule has 1 aliphatic carbocycles. The highest BCUT2D eigenvalue weighted by molar-refractivity contribution is 5.49. The molecule has 2 fully saturated rings. The van der Waals surface area contributed by atoms with Gasteiger partial charge in [-0.1, -0.05) is 19.1 Å². The molecule has 0 amide bonds. The summed E-state index contributed by atoms with van der Waals surface area (Å²) in [7, 11) is 0. The summed E-state index contributed by atoms with van der Waals surface area (Å²) in [5.74, 6) is 0.584. The standard InChI is InChI=1S/C16H24N2O/c1-12-8-9-18(16(12)11-19)15-6-2-13(3-7-15)10-17-14-4-5-14/h2-3,6-7,12,14,16-17,19H,4-5,8-11H2,1H3. The minimum absolute atomic E-state index is 0.256. The molecule has 0 radical (unpaired) electrons. The zero-order valence-electron chi connectivity index (χ0n) is 11.7. The second-order valence-electron chi connectivity index (χ2n) is 6.03. The summed E-state index contributed by atoms with van der Waals surface area (Å²) in [6.07, 6.45) is 3.85.